The van der Waals surface area contributed by atoms with Crippen molar-refractivity contribution in [1.29, 1.82) is 0 Å². The number of benzene rings is 2. The normalized spacial score (nSPS) is 11.3. The summed E-state index contributed by atoms with van der Waals surface area (Å²) < 4.78 is 12.9. The Bertz CT molecular complexity index is 1730. The van der Waals surface area contributed by atoms with Gasteiger partial charge in [-0.25, -0.2) is 0 Å². The van der Waals surface area contributed by atoms with Crippen LogP contribution in [0.1, 0.15) is 41.7 Å². The molecule has 0 radical (unpaired) electrons. The van der Waals surface area contributed by atoms with E-state index in [0.717, 1.165) is 16.5 Å². The molecule has 5 rings (SSSR count). The van der Waals surface area contributed by atoms with Gasteiger partial charge in [-0.05, 0) is 72.1 Å². The van der Waals surface area contributed by atoms with E-state index in [2.05, 4.69) is 10.4 Å². The van der Waals surface area contributed by atoms with E-state index in [9.17, 15) is 9.59 Å². The summed E-state index contributed by atoms with van der Waals surface area (Å²) in [5.41, 5.74) is 4.26. The van der Waals surface area contributed by atoms with Gasteiger partial charge in [0.1, 0.15) is 6.61 Å². The number of nitrogens with one attached hydrogen (secondary N) is 1. The number of thiophene rings is 2. The highest BCUT2D eigenvalue weighted by atomic mass is 35.5. The molecule has 3 aromatic heterocycles. The zero-order chi connectivity index (χ0) is 28.2. The molecule has 5 aromatic rings. The number of rotatable bonds is 9. The number of halogens is 1. The van der Waals surface area contributed by atoms with E-state index in [4.69, 9.17) is 21.1 Å². The summed E-state index contributed by atoms with van der Waals surface area (Å²) in [6.07, 6.45) is 3.66. The maximum atomic E-state index is 13.4. The molecule has 10 heteroatoms. The number of carbonyl (C=O) groups excluding carboxylic acids is 2. The number of hydrogen-bond acceptors (Lipinski definition) is 7. The number of carbonyl (C=O) groups is 2. The molecule has 0 atom stereocenters. The lowest BCUT2D eigenvalue weighted by molar-refractivity contribution is 0.0953. The van der Waals surface area contributed by atoms with Gasteiger partial charge >= 0.3 is 0 Å². The van der Waals surface area contributed by atoms with Crippen LogP contribution in [0.2, 0.25) is 0 Å². The SMILES string of the molecule is COc1c(OCCCl)ccc(/C=C/c2nn(C(=O)c3sccc3C)c3ccccc23)c1NC(=O)c1sccc1C. The van der Waals surface area contributed by atoms with Gasteiger partial charge in [0.25, 0.3) is 11.8 Å². The zero-order valence-corrected chi connectivity index (χ0v) is 24.5. The number of methoxy groups -OCH3 is 1. The fraction of sp³-hybridized carbons (Fsp3) is 0.167. The number of anilines is 1. The molecule has 0 saturated carbocycles. The van der Waals surface area contributed by atoms with Gasteiger partial charge < -0.3 is 14.8 Å². The second-order valence-electron chi connectivity index (χ2n) is 8.87. The van der Waals surface area contributed by atoms with Crippen LogP contribution in [0.3, 0.4) is 0 Å². The number of para-hydroxylation sites is 1. The number of alkyl halides is 1. The topological polar surface area (TPSA) is 82.4 Å². The lowest BCUT2D eigenvalue weighted by Gasteiger charge is -2.17. The molecule has 0 bridgehead atoms. The molecule has 1 amide bonds. The van der Waals surface area contributed by atoms with Crippen molar-refractivity contribution in [2.24, 2.45) is 0 Å². The van der Waals surface area contributed by atoms with Crippen LogP contribution in [-0.4, -0.2) is 41.2 Å². The minimum Gasteiger partial charge on any atom is -0.491 e. The minimum atomic E-state index is -0.249. The van der Waals surface area contributed by atoms with Crippen LogP contribution < -0.4 is 14.8 Å². The standard InChI is InChI=1S/C30H26ClN3O4S2/c1-18-12-16-39-27(18)29(35)32-25-20(9-11-24(26(25)37-3)38-15-14-31)8-10-22-21-6-4-5-7-23(21)34(33-22)30(36)28-19(2)13-17-40-28/h4-13,16-17H,14-15H2,1-3H3,(H,32,35)/b10-8+. The molecule has 0 saturated heterocycles. The van der Waals surface area contributed by atoms with E-state index >= 15 is 0 Å². The van der Waals surface area contributed by atoms with E-state index < -0.39 is 0 Å². The minimum absolute atomic E-state index is 0.176. The summed E-state index contributed by atoms with van der Waals surface area (Å²) >= 11 is 8.61. The van der Waals surface area contributed by atoms with Crippen LogP contribution in [0.15, 0.2) is 59.3 Å². The molecule has 0 aliphatic carbocycles. The van der Waals surface area contributed by atoms with Crippen molar-refractivity contribution in [3.05, 3.63) is 91.4 Å². The summed E-state index contributed by atoms with van der Waals surface area (Å²) in [6.45, 7) is 4.09. The number of amides is 1. The van der Waals surface area contributed by atoms with Crippen LogP contribution in [0.4, 0.5) is 5.69 Å². The van der Waals surface area contributed by atoms with E-state index in [0.29, 0.717) is 49.6 Å². The number of hydrogen-bond donors (Lipinski definition) is 1. The van der Waals surface area contributed by atoms with Gasteiger partial charge in [0.15, 0.2) is 11.5 Å². The average Bonchev–Trinajstić information content (AvgIpc) is 3.69. The third kappa shape index (κ3) is 5.40. The lowest BCUT2D eigenvalue weighted by atomic mass is 10.1. The Morgan fingerprint density at radius 1 is 1.00 bits per heavy atom. The van der Waals surface area contributed by atoms with E-state index in [-0.39, 0.29) is 18.4 Å². The summed E-state index contributed by atoms with van der Waals surface area (Å²) in [5.74, 6) is 0.728. The van der Waals surface area contributed by atoms with Crippen LogP contribution in [0.5, 0.6) is 11.5 Å². The molecule has 7 nitrogen and oxygen atoms in total. The van der Waals surface area contributed by atoms with Crippen LogP contribution in [0, 0.1) is 13.8 Å². The van der Waals surface area contributed by atoms with Crippen LogP contribution in [0.25, 0.3) is 23.1 Å². The predicted octanol–water partition coefficient (Wildman–Crippen LogP) is 7.51. The van der Waals surface area contributed by atoms with Crippen molar-refractivity contribution >= 4 is 74.8 Å². The van der Waals surface area contributed by atoms with E-state index in [1.165, 1.54) is 34.5 Å². The molecule has 3 heterocycles. The maximum absolute atomic E-state index is 13.4. The van der Waals surface area contributed by atoms with Gasteiger partial charge in [-0.3, -0.25) is 9.59 Å². The first-order valence-electron chi connectivity index (χ1n) is 12.4. The Balaban J connectivity index is 1.57. The van der Waals surface area contributed by atoms with Crippen molar-refractivity contribution in [3.63, 3.8) is 0 Å². The number of aryl methyl sites for hydroxylation is 2. The van der Waals surface area contributed by atoms with Crippen molar-refractivity contribution in [2.45, 2.75) is 13.8 Å². The lowest BCUT2D eigenvalue weighted by Crippen LogP contribution is -2.14. The molecule has 2 aromatic carbocycles. The first-order valence-corrected chi connectivity index (χ1v) is 14.7. The van der Waals surface area contributed by atoms with Gasteiger partial charge in [0, 0.05) is 10.9 Å². The molecule has 0 fully saturated rings. The number of fused-ring (bicyclic) bond motifs is 1. The Morgan fingerprint density at radius 3 is 2.40 bits per heavy atom. The average molecular weight is 592 g/mol. The zero-order valence-electron chi connectivity index (χ0n) is 22.1. The smallest absolute Gasteiger partial charge is 0.289 e. The van der Waals surface area contributed by atoms with Crippen molar-refractivity contribution in [3.8, 4) is 11.5 Å². The number of nitrogens with zero attached hydrogens (tertiary/aromatic N) is 2. The molecule has 0 unspecified atom stereocenters. The summed E-state index contributed by atoms with van der Waals surface area (Å²) in [4.78, 5) is 27.8. The Morgan fingerprint density at radius 2 is 1.73 bits per heavy atom. The van der Waals surface area contributed by atoms with Crippen LogP contribution >= 0.6 is 34.3 Å². The largest absolute Gasteiger partial charge is 0.491 e. The van der Waals surface area contributed by atoms with Gasteiger partial charge in [0.05, 0.1) is 39.6 Å². The predicted molar refractivity (Wildman–Crippen MR) is 164 cm³/mol. The third-order valence-corrected chi connectivity index (χ3v) is 8.46. The van der Waals surface area contributed by atoms with E-state index in [1.54, 1.807) is 6.07 Å². The quantitative estimate of drug-likeness (QED) is 0.179. The fourth-order valence-corrected chi connectivity index (χ4v) is 6.06. The third-order valence-electron chi connectivity index (χ3n) is 6.28. The highest BCUT2D eigenvalue weighted by Gasteiger charge is 2.21. The van der Waals surface area contributed by atoms with Crippen molar-refractivity contribution in [2.75, 3.05) is 24.9 Å². The first-order chi connectivity index (χ1) is 19.4. The second-order valence-corrected chi connectivity index (χ2v) is 11.1. The molecule has 40 heavy (non-hydrogen) atoms. The van der Waals surface area contributed by atoms with Crippen molar-refractivity contribution in [1.82, 2.24) is 9.78 Å². The Hall–Kier alpha value is -3.92. The fourth-order valence-electron chi connectivity index (χ4n) is 4.31. The Labute approximate surface area is 244 Å². The van der Waals surface area contributed by atoms with Gasteiger partial charge in [0.2, 0.25) is 0 Å². The maximum Gasteiger partial charge on any atom is 0.289 e. The number of aromatic nitrogens is 2. The summed E-state index contributed by atoms with van der Waals surface area (Å²) in [5, 5.41) is 12.3. The first kappa shape index (κ1) is 27.6. The number of ether oxygens (including phenoxy) is 2. The molecule has 0 aliphatic rings. The summed E-state index contributed by atoms with van der Waals surface area (Å²) in [6, 6.07) is 15.0. The molecule has 0 spiro atoms. The molecular formula is C30H26ClN3O4S2. The Kier molecular flexibility index (Phi) is 8.35. The second kappa shape index (κ2) is 12.1. The highest BCUT2D eigenvalue weighted by Crippen LogP contribution is 2.40. The van der Waals surface area contributed by atoms with Gasteiger partial charge in [-0.2, -0.15) is 9.78 Å². The van der Waals surface area contributed by atoms with E-state index in [1.807, 2.05) is 79.2 Å². The van der Waals surface area contributed by atoms with Crippen molar-refractivity contribution < 1.29 is 19.1 Å². The molecule has 1 N–H and O–H groups in total. The molecular weight excluding hydrogens is 566 g/mol. The highest BCUT2D eigenvalue weighted by molar-refractivity contribution is 7.12. The molecule has 204 valence electrons. The van der Waals surface area contributed by atoms with Crippen LogP contribution in [-0.2, 0) is 0 Å². The molecule has 0 aliphatic heterocycles. The monoisotopic (exact) mass is 591 g/mol. The van der Waals surface area contributed by atoms with Gasteiger partial charge in [-0.1, -0.05) is 24.3 Å². The van der Waals surface area contributed by atoms with Gasteiger partial charge in [-0.15, -0.1) is 34.3 Å². The summed E-state index contributed by atoms with van der Waals surface area (Å²) in [7, 11) is 1.52.